The summed E-state index contributed by atoms with van der Waals surface area (Å²) in [5, 5.41) is 8.42. The van der Waals surface area contributed by atoms with Crippen LogP contribution in [0.5, 0.6) is 0 Å². The van der Waals surface area contributed by atoms with Crippen LogP contribution >= 0.6 is 34.9 Å². The number of fused-ring (bicyclic) bond motifs is 2. The summed E-state index contributed by atoms with van der Waals surface area (Å²) in [5.41, 5.74) is 6.57. The van der Waals surface area contributed by atoms with E-state index in [1.807, 2.05) is 35.3 Å². The molecule has 0 fully saturated rings. The molecule has 5 nitrogen and oxygen atoms in total. The van der Waals surface area contributed by atoms with Crippen LogP contribution in [0.3, 0.4) is 0 Å². The standard InChI is InChI=1S/C16H14N4OS3/c17-15-18-19-16(24-15)22-9-14(21)20-10-5-1-3-7-12(10)23-13-8-4-2-6-11(13)20/h1-8,10,12H,9H2,(H2,17,18)/t10-,12-/m1/s1. The molecule has 1 aliphatic carbocycles. The summed E-state index contributed by atoms with van der Waals surface area (Å²) in [4.78, 5) is 16.0. The van der Waals surface area contributed by atoms with E-state index in [9.17, 15) is 4.79 Å². The van der Waals surface area contributed by atoms with E-state index >= 15 is 0 Å². The van der Waals surface area contributed by atoms with Crippen molar-refractivity contribution in [1.29, 1.82) is 0 Å². The van der Waals surface area contributed by atoms with Gasteiger partial charge in [0.25, 0.3) is 0 Å². The Morgan fingerprint density at radius 1 is 1.25 bits per heavy atom. The van der Waals surface area contributed by atoms with Gasteiger partial charge in [0, 0.05) is 4.90 Å². The van der Waals surface area contributed by atoms with Crippen LogP contribution in [0.2, 0.25) is 0 Å². The SMILES string of the molecule is Nc1nnc(SCC(=O)N2c3ccccc3S[C@@H]3C=CC=C[C@H]32)s1. The molecule has 0 bridgehead atoms. The van der Waals surface area contributed by atoms with Crippen LogP contribution in [0.25, 0.3) is 0 Å². The second-order valence-electron chi connectivity index (χ2n) is 5.27. The number of benzene rings is 1. The molecule has 0 spiro atoms. The van der Waals surface area contributed by atoms with Crippen LogP contribution in [0, 0.1) is 0 Å². The molecule has 0 saturated heterocycles. The lowest BCUT2D eigenvalue weighted by molar-refractivity contribution is -0.116. The van der Waals surface area contributed by atoms with Crippen molar-refractivity contribution in [2.45, 2.75) is 20.5 Å². The van der Waals surface area contributed by atoms with Gasteiger partial charge >= 0.3 is 0 Å². The van der Waals surface area contributed by atoms with Gasteiger partial charge in [-0.1, -0.05) is 59.5 Å². The number of nitrogens with zero attached hydrogens (tertiary/aromatic N) is 3. The monoisotopic (exact) mass is 374 g/mol. The fraction of sp³-hybridized carbons (Fsp3) is 0.188. The molecule has 4 rings (SSSR count). The number of para-hydroxylation sites is 1. The summed E-state index contributed by atoms with van der Waals surface area (Å²) in [7, 11) is 0. The van der Waals surface area contributed by atoms with Gasteiger partial charge < -0.3 is 10.6 Å². The van der Waals surface area contributed by atoms with Crippen molar-refractivity contribution in [2.75, 3.05) is 16.4 Å². The van der Waals surface area contributed by atoms with Crippen molar-refractivity contribution in [3.8, 4) is 0 Å². The van der Waals surface area contributed by atoms with Crippen LogP contribution in [-0.2, 0) is 4.79 Å². The molecular formula is C16H14N4OS3. The maximum atomic E-state index is 13.0. The van der Waals surface area contributed by atoms with E-state index in [1.54, 1.807) is 11.8 Å². The molecule has 8 heteroatoms. The number of thioether (sulfide) groups is 2. The maximum Gasteiger partial charge on any atom is 0.238 e. The van der Waals surface area contributed by atoms with Crippen molar-refractivity contribution in [1.82, 2.24) is 10.2 Å². The molecule has 1 aromatic heterocycles. The highest BCUT2D eigenvalue weighted by Gasteiger charge is 2.36. The fourth-order valence-corrected chi connectivity index (χ4v) is 5.51. The number of hydrogen-bond donors (Lipinski definition) is 1. The van der Waals surface area contributed by atoms with Crippen molar-refractivity contribution in [3.63, 3.8) is 0 Å². The lowest BCUT2D eigenvalue weighted by Gasteiger charge is -2.40. The highest BCUT2D eigenvalue weighted by Crippen LogP contribution is 2.43. The Hall–Kier alpha value is -1.77. The van der Waals surface area contributed by atoms with Crippen molar-refractivity contribution < 1.29 is 4.79 Å². The first-order chi connectivity index (χ1) is 11.7. The summed E-state index contributed by atoms with van der Waals surface area (Å²) >= 11 is 4.49. The lowest BCUT2D eigenvalue weighted by Crippen LogP contribution is -2.48. The van der Waals surface area contributed by atoms with E-state index in [0.717, 1.165) is 14.9 Å². The van der Waals surface area contributed by atoms with Gasteiger partial charge in [-0.2, -0.15) is 0 Å². The number of nitrogens with two attached hydrogens (primary N) is 1. The summed E-state index contributed by atoms with van der Waals surface area (Å²) in [6, 6.07) is 8.11. The first-order valence-electron chi connectivity index (χ1n) is 7.37. The number of aromatic nitrogens is 2. The van der Waals surface area contributed by atoms with Crippen LogP contribution in [0.1, 0.15) is 0 Å². The van der Waals surface area contributed by atoms with Crippen molar-refractivity contribution in [2.24, 2.45) is 0 Å². The zero-order valence-electron chi connectivity index (χ0n) is 12.5. The van der Waals surface area contributed by atoms with E-state index in [-0.39, 0.29) is 17.2 Å². The predicted molar refractivity (Wildman–Crippen MR) is 101 cm³/mol. The molecule has 2 N–H and O–H groups in total. The van der Waals surface area contributed by atoms with Gasteiger partial charge in [0.2, 0.25) is 11.0 Å². The molecule has 2 aliphatic rings. The molecule has 0 unspecified atom stereocenters. The average Bonchev–Trinajstić information content (AvgIpc) is 3.03. The Morgan fingerprint density at radius 3 is 2.92 bits per heavy atom. The second-order valence-corrected chi connectivity index (χ2v) is 8.72. The Kier molecular flexibility index (Phi) is 4.34. The summed E-state index contributed by atoms with van der Waals surface area (Å²) in [6.45, 7) is 0. The van der Waals surface area contributed by atoms with Crippen molar-refractivity contribution in [3.05, 3.63) is 48.6 Å². The number of allylic oxidation sites excluding steroid dienone is 2. The largest absolute Gasteiger partial charge is 0.374 e. The van der Waals surface area contributed by atoms with E-state index in [0.29, 0.717) is 10.9 Å². The Labute approximate surface area is 152 Å². The highest BCUT2D eigenvalue weighted by molar-refractivity contribution is 8.01. The Balaban J connectivity index is 1.60. The summed E-state index contributed by atoms with van der Waals surface area (Å²) in [6.07, 6.45) is 8.31. The van der Waals surface area contributed by atoms with Crippen LogP contribution in [0.15, 0.2) is 57.8 Å². The summed E-state index contributed by atoms with van der Waals surface area (Å²) < 4.78 is 0.719. The number of carbonyl (C=O) groups is 1. The third-order valence-electron chi connectivity index (χ3n) is 3.75. The molecule has 1 aromatic carbocycles. The Morgan fingerprint density at radius 2 is 2.08 bits per heavy atom. The average molecular weight is 375 g/mol. The van der Waals surface area contributed by atoms with E-state index in [4.69, 9.17) is 5.73 Å². The van der Waals surface area contributed by atoms with Crippen molar-refractivity contribution >= 4 is 51.6 Å². The third kappa shape index (κ3) is 2.97. The topological polar surface area (TPSA) is 72.1 Å². The summed E-state index contributed by atoms with van der Waals surface area (Å²) in [5.74, 6) is 0.380. The van der Waals surface area contributed by atoms with Gasteiger partial charge in [-0.15, -0.1) is 22.0 Å². The molecule has 0 saturated carbocycles. The van der Waals surface area contributed by atoms with Gasteiger partial charge in [0.15, 0.2) is 4.34 Å². The molecule has 2 atom stereocenters. The predicted octanol–water partition coefficient (Wildman–Crippen LogP) is 3.21. The van der Waals surface area contributed by atoms with Gasteiger partial charge in [-0.3, -0.25) is 4.79 Å². The molecule has 2 aromatic rings. The number of rotatable bonds is 3. The number of carbonyl (C=O) groups excluding carboxylic acids is 1. The molecule has 24 heavy (non-hydrogen) atoms. The lowest BCUT2D eigenvalue weighted by atomic mass is 10.0. The Bertz CT molecular complexity index is 832. The highest BCUT2D eigenvalue weighted by atomic mass is 32.2. The van der Waals surface area contributed by atoms with Gasteiger partial charge in [-0.05, 0) is 12.1 Å². The van der Waals surface area contributed by atoms with Gasteiger partial charge in [0.05, 0.1) is 22.7 Å². The smallest absolute Gasteiger partial charge is 0.238 e. The number of nitrogen functional groups attached to an aromatic ring is 1. The number of anilines is 2. The van der Waals surface area contributed by atoms with E-state index in [2.05, 4.69) is 28.4 Å². The molecule has 2 heterocycles. The molecular weight excluding hydrogens is 360 g/mol. The zero-order chi connectivity index (χ0) is 16.5. The maximum absolute atomic E-state index is 13.0. The van der Waals surface area contributed by atoms with Crippen LogP contribution in [-0.4, -0.2) is 33.1 Å². The van der Waals surface area contributed by atoms with Crippen LogP contribution in [0.4, 0.5) is 10.8 Å². The molecule has 1 aliphatic heterocycles. The normalized spacial score (nSPS) is 21.4. The molecule has 0 radical (unpaired) electrons. The molecule has 122 valence electrons. The number of hydrogen-bond acceptors (Lipinski definition) is 7. The first kappa shape index (κ1) is 15.7. The fourth-order valence-electron chi connectivity index (χ4n) is 2.75. The minimum atomic E-state index is 0.0440. The zero-order valence-corrected chi connectivity index (χ0v) is 15.0. The minimum Gasteiger partial charge on any atom is -0.374 e. The second kappa shape index (κ2) is 6.62. The van der Waals surface area contributed by atoms with E-state index in [1.165, 1.54) is 23.1 Å². The van der Waals surface area contributed by atoms with Gasteiger partial charge in [-0.25, -0.2) is 0 Å². The molecule has 1 amide bonds. The number of amides is 1. The van der Waals surface area contributed by atoms with Gasteiger partial charge in [0.1, 0.15) is 0 Å². The quantitative estimate of drug-likeness (QED) is 0.832. The van der Waals surface area contributed by atoms with Crippen LogP contribution < -0.4 is 10.6 Å². The minimum absolute atomic E-state index is 0.0440. The first-order valence-corrected chi connectivity index (χ1v) is 10.0. The van der Waals surface area contributed by atoms with E-state index < -0.39 is 0 Å². The third-order valence-corrected chi connectivity index (χ3v) is 6.93.